The van der Waals surface area contributed by atoms with Gasteiger partial charge in [-0.3, -0.25) is 14.6 Å². The molecule has 0 radical (unpaired) electrons. The Labute approximate surface area is 204 Å². The normalized spacial score (nSPS) is 14.5. The molecule has 0 saturated carbocycles. The van der Waals surface area contributed by atoms with Gasteiger partial charge in [0, 0.05) is 30.7 Å². The van der Waals surface area contributed by atoms with Crippen molar-refractivity contribution >= 4 is 60.1 Å². The third-order valence-corrected chi connectivity index (χ3v) is 7.19. The van der Waals surface area contributed by atoms with E-state index in [0.29, 0.717) is 59.0 Å². The molecule has 0 atom stereocenters. The van der Waals surface area contributed by atoms with E-state index in [2.05, 4.69) is 20.8 Å². The number of nitrogens with zero attached hydrogens (tertiary/aromatic N) is 3. The van der Waals surface area contributed by atoms with Gasteiger partial charge in [0.15, 0.2) is 5.13 Å². The van der Waals surface area contributed by atoms with Crippen LogP contribution in [-0.4, -0.2) is 69.4 Å². The van der Waals surface area contributed by atoms with Crippen molar-refractivity contribution in [2.75, 3.05) is 58.5 Å². The van der Waals surface area contributed by atoms with Crippen LogP contribution < -0.4 is 14.4 Å². The van der Waals surface area contributed by atoms with Gasteiger partial charge in [-0.15, -0.1) is 0 Å². The molecule has 2 heterocycles. The molecule has 1 aliphatic rings. The number of anilines is 1. The number of methoxy groups -OCH3 is 2. The summed E-state index contributed by atoms with van der Waals surface area (Å²) in [5, 5.41) is 0.961. The molecular weight excluding hydrogens is 518 g/mol. The fourth-order valence-corrected chi connectivity index (χ4v) is 5.21. The summed E-state index contributed by atoms with van der Waals surface area (Å²) in [6.07, 6.45) is 0. The highest BCUT2D eigenvalue weighted by molar-refractivity contribution is 9.10. The van der Waals surface area contributed by atoms with Gasteiger partial charge in [0.05, 0.1) is 38.0 Å². The number of carbonyl (C=O) groups is 1. The molecule has 3 aromatic rings. The molecule has 10 heteroatoms. The van der Waals surface area contributed by atoms with E-state index in [1.54, 1.807) is 31.3 Å². The zero-order valence-corrected chi connectivity index (χ0v) is 20.9. The summed E-state index contributed by atoms with van der Waals surface area (Å²) in [7, 11) is 3.21. The van der Waals surface area contributed by atoms with E-state index in [9.17, 15) is 4.79 Å². The number of halogens is 2. The average Bonchev–Trinajstić information content (AvgIpc) is 3.25. The molecule has 32 heavy (non-hydrogen) atoms. The van der Waals surface area contributed by atoms with Crippen LogP contribution in [0.2, 0.25) is 5.02 Å². The summed E-state index contributed by atoms with van der Waals surface area (Å²) >= 11 is 11.2. The summed E-state index contributed by atoms with van der Waals surface area (Å²) < 4.78 is 18.1. The van der Waals surface area contributed by atoms with Gasteiger partial charge >= 0.3 is 0 Å². The average molecular weight is 541 g/mol. The van der Waals surface area contributed by atoms with Gasteiger partial charge in [-0.2, -0.15) is 0 Å². The van der Waals surface area contributed by atoms with E-state index < -0.39 is 0 Å². The molecule has 0 spiro atoms. The molecule has 0 aliphatic carbocycles. The number of benzene rings is 2. The first kappa shape index (κ1) is 23.3. The Hall–Kier alpha value is -1.91. The standard InChI is InChI=1S/C22H23BrClN3O4S/c1-29-17-5-6-18(30-2)20-19(17)25-22(32-20)27(8-7-26-9-11-31-12-10-26)21(28)15-13-14(23)3-4-16(15)24/h3-6,13H,7-12H2,1-2H3. The molecular formula is C22H23BrClN3O4S. The Kier molecular flexibility index (Phi) is 7.52. The third kappa shape index (κ3) is 4.87. The number of thiazole rings is 1. The number of carbonyl (C=O) groups excluding carboxylic acids is 1. The van der Waals surface area contributed by atoms with Crippen LogP contribution in [0.4, 0.5) is 5.13 Å². The van der Waals surface area contributed by atoms with E-state index in [1.165, 1.54) is 11.3 Å². The van der Waals surface area contributed by atoms with Crippen molar-refractivity contribution in [3.8, 4) is 11.5 Å². The van der Waals surface area contributed by atoms with Crippen molar-refractivity contribution in [1.82, 2.24) is 9.88 Å². The predicted molar refractivity (Wildman–Crippen MR) is 131 cm³/mol. The van der Waals surface area contributed by atoms with E-state index in [4.69, 9.17) is 30.8 Å². The third-order valence-electron chi connectivity index (χ3n) is 5.28. The first-order valence-corrected chi connectivity index (χ1v) is 12.1. The molecule has 1 fully saturated rings. The molecule has 1 amide bonds. The zero-order chi connectivity index (χ0) is 22.7. The minimum atomic E-state index is -0.207. The maximum absolute atomic E-state index is 13.7. The summed E-state index contributed by atoms with van der Waals surface area (Å²) in [6, 6.07) is 8.92. The topological polar surface area (TPSA) is 64.1 Å². The van der Waals surface area contributed by atoms with Crippen LogP contribution in [0.25, 0.3) is 10.2 Å². The van der Waals surface area contributed by atoms with Crippen molar-refractivity contribution in [3.05, 3.63) is 45.4 Å². The Balaban J connectivity index is 1.74. The molecule has 1 aliphatic heterocycles. The molecule has 1 aromatic heterocycles. The summed E-state index contributed by atoms with van der Waals surface area (Å²) in [4.78, 5) is 22.4. The first-order chi connectivity index (χ1) is 15.5. The number of rotatable bonds is 7. The quantitative estimate of drug-likeness (QED) is 0.433. The Morgan fingerprint density at radius 3 is 2.66 bits per heavy atom. The second kappa shape index (κ2) is 10.4. The van der Waals surface area contributed by atoms with Gasteiger partial charge < -0.3 is 14.2 Å². The van der Waals surface area contributed by atoms with Crippen molar-refractivity contribution in [2.24, 2.45) is 0 Å². The lowest BCUT2D eigenvalue weighted by Gasteiger charge is -2.29. The maximum Gasteiger partial charge on any atom is 0.261 e. The van der Waals surface area contributed by atoms with Gasteiger partial charge in [0.1, 0.15) is 21.7 Å². The van der Waals surface area contributed by atoms with Gasteiger partial charge in [0.2, 0.25) is 0 Å². The number of aromatic nitrogens is 1. The minimum Gasteiger partial charge on any atom is -0.495 e. The van der Waals surface area contributed by atoms with Crippen LogP contribution >= 0.6 is 38.9 Å². The molecule has 0 N–H and O–H groups in total. The van der Waals surface area contributed by atoms with Gasteiger partial charge in [0.25, 0.3) is 5.91 Å². The Morgan fingerprint density at radius 1 is 1.22 bits per heavy atom. The molecule has 170 valence electrons. The first-order valence-electron chi connectivity index (χ1n) is 10.1. The van der Waals surface area contributed by atoms with Crippen LogP contribution in [0.15, 0.2) is 34.8 Å². The number of amides is 1. The molecule has 0 unspecified atom stereocenters. The van der Waals surface area contributed by atoms with E-state index >= 15 is 0 Å². The highest BCUT2D eigenvalue weighted by Crippen LogP contribution is 2.40. The van der Waals surface area contributed by atoms with Gasteiger partial charge in [-0.05, 0) is 30.3 Å². The van der Waals surface area contributed by atoms with E-state index in [1.807, 2.05) is 18.2 Å². The summed E-state index contributed by atoms with van der Waals surface area (Å²) in [5.74, 6) is 1.11. The van der Waals surface area contributed by atoms with Crippen LogP contribution in [-0.2, 0) is 4.74 Å². The smallest absolute Gasteiger partial charge is 0.261 e. The Bertz CT molecular complexity index is 1080. The highest BCUT2D eigenvalue weighted by atomic mass is 79.9. The monoisotopic (exact) mass is 539 g/mol. The SMILES string of the molecule is COc1ccc(OC)c2sc(N(CCN3CCOCC3)C(=O)c3cc(Br)ccc3Cl)nc12. The number of hydrogen-bond acceptors (Lipinski definition) is 7. The maximum atomic E-state index is 13.7. The van der Waals surface area contributed by atoms with Crippen LogP contribution in [0, 0.1) is 0 Å². The molecule has 0 bridgehead atoms. The summed E-state index contributed by atoms with van der Waals surface area (Å²) in [5.41, 5.74) is 1.08. The fraction of sp³-hybridized carbons (Fsp3) is 0.364. The van der Waals surface area contributed by atoms with Crippen LogP contribution in [0.5, 0.6) is 11.5 Å². The number of ether oxygens (including phenoxy) is 3. The van der Waals surface area contributed by atoms with E-state index in [-0.39, 0.29) is 5.91 Å². The van der Waals surface area contributed by atoms with Gasteiger partial charge in [-0.1, -0.05) is 38.9 Å². The van der Waals surface area contributed by atoms with Crippen molar-refractivity contribution in [2.45, 2.75) is 0 Å². The number of morpholine rings is 1. The molecule has 1 saturated heterocycles. The van der Waals surface area contributed by atoms with E-state index in [0.717, 1.165) is 22.3 Å². The number of fused-ring (bicyclic) bond motifs is 1. The lowest BCUT2D eigenvalue weighted by molar-refractivity contribution is 0.0391. The van der Waals surface area contributed by atoms with Crippen LogP contribution in [0.1, 0.15) is 10.4 Å². The zero-order valence-electron chi connectivity index (χ0n) is 17.8. The van der Waals surface area contributed by atoms with Crippen LogP contribution in [0.3, 0.4) is 0 Å². The second-order valence-electron chi connectivity index (χ2n) is 7.18. The largest absolute Gasteiger partial charge is 0.495 e. The fourth-order valence-electron chi connectivity index (χ4n) is 3.55. The lowest BCUT2D eigenvalue weighted by Crippen LogP contribution is -2.43. The van der Waals surface area contributed by atoms with Crippen molar-refractivity contribution < 1.29 is 19.0 Å². The minimum absolute atomic E-state index is 0.207. The molecule has 2 aromatic carbocycles. The number of hydrogen-bond donors (Lipinski definition) is 0. The highest BCUT2D eigenvalue weighted by Gasteiger charge is 2.26. The Morgan fingerprint density at radius 2 is 1.94 bits per heavy atom. The second-order valence-corrected chi connectivity index (χ2v) is 9.48. The van der Waals surface area contributed by atoms with Crippen molar-refractivity contribution in [3.63, 3.8) is 0 Å². The predicted octanol–water partition coefficient (Wildman–Crippen LogP) is 4.71. The molecule has 7 nitrogen and oxygen atoms in total. The van der Waals surface area contributed by atoms with Crippen molar-refractivity contribution in [1.29, 1.82) is 0 Å². The molecule has 4 rings (SSSR count). The summed E-state index contributed by atoms with van der Waals surface area (Å²) in [6.45, 7) is 4.22. The lowest BCUT2D eigenvalue weighted by atomic mass is 10.2. The van der Waals surface area contributed by atoms with Gasteiger partial charge in [-0.25, -0.2) is 4.98 Å².